The van der Waals surface area contributed by atoms with Crippen molar-refractivity contribution in [1.29, 1.82) is 0 Å². The Labute approximate surface area is 114 Å². The van der Waals surface area contributed by atoms with E-state index in [-0.39, 0.29) is 12.2 Å². The standard InChI is InChI=1S/C14H12FN3O2/c1-9-7-13(18-20-9)14(19)17-12-5-4-11(15)8-10(12)3-2-6-16/h4-5,7-8H,6,16H2,1H3,(H,17,19). The lowest BCUT2D eigenvalue weighted by molar-refractivity contribution is 0.101. The first kappa shape index (κ1) is 13.8. The average molecular weight is 273 g/mol. The lowest BCUT2D eigenvalue weighted by atomic mass is 10.1. The van der Waals surface area contributed by atoms with Gasteiger partial charge in [0, 0.05) is 6.07 Å². The second kappa shape index (κ2) is 5.99. The molecule has 1 heterocycles. The fourth-order valence-corrected chi connectivity index (χ4v) is 1.53. The number of rotatable bonds is 2. The number of halogens is 1. The summed E-state index contributed by atoms with van der Waals surface area (Å²) < 4.78 is 18.0. The Hall–Kier alpha value is -2.65. The van der Waals surface area contributed by atoms with Crippen LogP contribution < -0.4 is 11.1 Å². The molecule has 0 saturated heterocycles. The number of benzene rings is 1. The molecule has 0 atom stereocenters. The van der Waals surface area contributed by atoms with Crippen LogP contribution in [0, 0.1) is 24.6 Å². The van der Waals surface area contributed by atoms with Crippen LogP contribution in [0.4, 0.5) is 10.1 Å². The van der Waals surface area contributed by atoms with Gasteiger partial charge in [0.1, 0.15) is 11.6 Å². The molecule has 0 unspecified atom stereocenters. The number of aryl methyl sites for hydroxylation is 1. The van der Waals surface area contributed by atoms with Crippen molar-refractivity contribution in [3.63, 3.8) is 0 Å². The normalized spacial score (nSPS) is 9.75. The van der Waals surface area contributed by atoms with Gasteiger partial charge >= 0.3 is 0 Å². The number of carbonyl (C=O) groups is 1. The molecule has 0 aliphatic carbocycles. The van der Waals surface area contributed by atoms with Crippen LogP contribution in [0.5, 0.6) is 0 Å². The summed E-state index contributed by atoms with van der Waals surface area (Å²) in [7, 11) is 0. The maximum absolute atomic E-state index is 13.2. The topological polar surface area (TPSA) is 81.2 Å². The summed E-state index contributed by atoms with van der Waals surface area (Å²) in [5, 5.41) is 6.21. The van der Waals surface area contributed by atoms with Gasteiger partial charge in [0.25, 0.3) is 5.91 Å². The van der Waals surface area contributed by atoms with E-state index < -0.39 is 11.7 Å². The maximum atomic E-state index is 13.2. The molecule has 20 heavy (non-hydrogen) atoms. The molecule has 0 fully saturated rings. The third-order valence-electron chi connectivity index (χ3n) is 2.42. The average Bonchev–Trinajstić information content (AvgIpc) is 2.85. The molecule has 2 rings (SSSR count). The third kappa shape index (κ3) is 3.22. The fourth-order valence-electron chi connectivity index (χ4n) is 1.53. The Kier molecular flexibility index (Phi) is 4.13. The molecular formula is C14H12FN3O2. The van der Waals surface area contributed by atoms with E-state index in [0.717, 1.165) is 0 Å². The van der Waals surface area contributed by atoms with Gasteiger partial charge in [-0.3, -0.25) is 4.79 Å². The van der Waals surface area contributed by atoms with Crippen molar-refractivity contribution in [2.24, 2.45) is 5.73 Å². The molecule has 102 valence electrons. The van der Waals surface area contributed by atoms with Gasteiger partial charge in [0.15, 0.2) is 5.69 Å². The molecule has 1 amide bonds. The molecule has 1 aromatic carbocycles. The minimum atomic E-state index is -0.454. The van der Waals surface area contributed by atoms with Gasteiger partial charge in [0.05, 0.1) is 17.8 Å². The zero-order valence-electron chi connectivity index (χ0n) is 10.7. The van der Waals surface area contributed by atoms with Crippen molar-refractivity contribution in [1.82, 2.24) is 5.16 Å². The van der Waals surface area contributed by atoms with Gasteiger partial charge in [0.2, 0.25) is 0 Å². The van der Waals surface area contributed by atoms with Crippen molar-refractivity contribution < 1.29 is 13.7 Å². The van der Waals surface area contributed by atoms with Crippen LogP contribution >= 0.6 is 0 Å². The lowest BCUT2D eigenvalue weighted by Crippen LogP contribution is -2.13. The highest BCUT2D eigenvalue weighted by Crippen LogP contribution is 2.17. The Morgan fingerprint density at radius 2 is 2.30 bits per heavy atom. The van der Waals surface area contributed by atoms with Gasteiger partial charge in [-0.15, -0.1) is 0 Å². The molecule has 0 bridgehead atoms. The minimum absolute atomic E-state index is 0.143. The first-order valence-electron chi connectivity index (χ1n) is 5.83. The van der Waals surface area contributed by atoms with Gasteiger partial charge in [-0.05, 0) is 25.1 Å². The molecule has 0 aliphatic rings. The number of carbonyl (C=O) groups excluding carboxylic acids is 1. The predicted molar refractivity (Wildman–Crippen MR) is 71.5 cm³/mol. The molecule has 0 aliphatic heterocycles. The second-order valence-electron chi connectivity index (χ2n) is 3.97. The van der Waals surface area contributed by atoms with E-state index in [9.17, 15) is 9.18 Å². The highest BCUT2D eigenvalue weighted by atomic mass is 19.1. The van der Waals surface area contributed by atoms with E-state index in [2.05, 4.69) is 22.3 Å². The van der Waals surface area contributed by atoms with Gasteiger partial charge < -0.3 is 15.6 Å². The van der Waals surface area contributed by atoms with E-state index in [1.165, 1.54) is 24.3 Å². The Bertz CT molecular complexity index is 698. The highest BCUT2D eigenvalue weighted by molar-refractivity contribution is 6.03. The molecule has 1 aromatic heterocycles. The van der Waals surface area contributed by atoms with Crippen molar-refractivity contribution in [3.05, 3.63) is 47.1 Å². The van der Waals surface area contributed by atoms with Crippen LogP contribution in [-0.2, 0) is 0 Å². The highest BCUT2D eigenvalue weighted by Gasteiger charge is 2.13. The van der Waals surface area contributed by atoms with Crippen LogP contribution in [0.2, 0.25) is 0 Å². The van der Waals surface area contributed by atoms with Crippen molar-refractivity contribution in [3.8, 4) is 11.8 Å². The van der Waals surface area contributed by atoms with Gasteiger partial charge in [-0.25, -0.2) is 4.39 Å². The summed E-state index contributed by atoms with van der Waals surface area (Å²) in [5.74, 6) is 4.95. The van der Waals surface area contributed by atoms with E-state index in [1.54, 1.807) is 6.92 Å². The molecule has 0 radical (unpaired) electrons. The Morgan fingerprint density at radius 3 is 2.95 bits per heavy atom. The number of nitrogens with two attached hydrogens (primary N) is 1. The zero-order valence-corrected chi connectivity index (χ0v) is 10.7. The van der Waals surface area contributed by atoms with E-state index in [4.69, 9.17) is 10.3 Å². The van der Waals surface area contributed by atoms with E-state index in [0.29, 0.717) is 17.0 Å². The molecule has 6 heteroatoms. The number of nitrogens with one attached hydrogen (secondary N) is 1. The Balaban J connectivity index is 2.26. The fraction of sp³-hybridized carbons (Fsp3) is 0.143. The summed E-state index contributed by atoms with van der Waals surface area (Å²) in [4.78, 5) is 11.9. The zero-order chi connectivity index (χ0) is 14.5. The quantitative estimate of drug-likeness (QED) is 0.816. The smallest absolute Gasteiger partial charge is 0.277 e. The molecule has 5 nitrogen and oxygen atoms in total. The SMILES string of the molecule is Cc1cc(C(=O)Nc2ccc(F)cc2C#CCN)no1. The molecule has 3 N–H and O–H groups in total. The summed E-state index contributed by atoms with van der Waals surface area (Å²) in [5.41, 5.74) is 6.16. The second-order valence-corrected chi connectivity index (χ2v) is 3.97. The largest absolute Gasteiger partial charge is 0.361 e. The number of aromatic nitrogens is 1. The summed E-state index contributed by atoms with van der Waals surface area (Å²) >= 11 is 0. The van der Waals surface area contributed by atoms with Crippen LogP contribution in [0.25, 0.3) is 0 Å². The first-order valence-corrected chi connectivity index (χ1v) is 5.83. The maximum Gasteiger partial charge on any atom is 0.277 e. The number of anilines is 1. The first-order chi connectivity index (χ1) is 9.60. The summed E-state index contributed by atoms with van der Waals surface area (Å²) in [6, 6.07) is 5.40. The van der Waals surface area contributed by atoms with Crippen LogP contribution in [0.15, 0.2) is 28.8 Å². The minimum Gasteiger partial charge on any atom is -0.361 e. The number of nitrogens with zero attached hydrogens (tertiary/aromatic N) is 1. The molecule has 0 spiro atoms. The van der Waals surface area contributed by atoms with E-state index >= 15 is 0 Å². The van der Waals surface area contributed by atoms with E-state index in [1.807, 2.05) is 0 Å². The van der Waals surface area contributed by atoms with Gasteiger partial charge in [-0.2, -0.15) is 0 Å². The lowest BCUT2D eigenvalue weighted by Gasteiger charge is -2.05. The van der Waals surface area contributed by atoms with Crippen molar-refractivity contribution in [2.75, 3.05) is 11.9 Å². The van der Waals surface area contributed by atoms with Crippen LogP contribution in [0.1, 0.15) is 21.8 Å². The number of hydrogen-bond donors (Lipinski definition) is 2. The monoisotopic (exact) mass is 273 g/mol. The predicted octanol–water partition coefficient (Wildman–Crippen LogP) is 1.68. The Morgan fingerprint density at radius 1 is 1.50 bits per heavy atom. The van der Waals surface area contributed by atoms with Crippen LogP contribution in [-0.4, -0.2) is 17.6 Å². The summed E-state index contributed by atoms with van der Waals surface area (Å²) in [6.07, 6.45) is 0. The number of hydrogen-bond acceptors (Lipinski definition) is 4. The van der Waals surface area contributed by atoms with Crippen LogP contribution in [0.3, 0.4) is 0 Å². The van der Waals surface area contributed by atoms with Crippen molar-refractivity contribution in [2.45, 2.75) is 6.92 Å². The molecule has 2 aromatic rings. The third-order valence-corrected chi connectivity index (χ3v) is 2.42. The molecule has 0 saturated carbocycles. The summed E-state index contributed by atoms with van der Waals surface area (Å²) in [6.45, 7) is 1.83. The molecular weight excluding hydrogens is 261 g/mol. The van der Waals surface area contributed by atoms with Crippen molar-refractivity contribution >= 4 is 11.6 Å². The number of amides is 1. The van der Waals surface area contributed by atoms with Gasteiger partial charge in [-0.1, -0.05) is 17.0 Å².